The van der Waals surface area contributed by atoms with Crippen LogP contribution >= 0.6 is 11.8 Å². The number of rotatable bonds is 4. The number of aromatic nitrogens is 1. The highest BCUT2D eigenvalue weighted by Crippen LogP contribution is 2.21. The van der Waals surface area contributed by atoms with Gasteiger partial charge in [-0.3, -0.25) is 4.79 Å². The van der Waals surface area contributed by atoms with E-state index in [0.29, 0.717) is 11.4 Å². The zero-order valence-electron chi connectivity index (χ0n) is 10.7. The SMILES string of the molecule is COc1ncccc1C(=O)Nc1cccc(SC)c1. The fraction of sp³-hybridized carbons (Fsp3) is 0.143. The third-order valence-electron chi connectivity index (χ3n) is 2.54. The van der Waals surface area contributed by atoms with E-state index in [1.54, 1.807) is 30.1 Å². The van der Waals surface area contributed by atoms with Crippen LogP contribution in [0, 0.1) is 0 Å². The van der Waals surface area contributed by atoms with Crippen molar-refractivity contribution in [3.63, 3.8) is 0 Å². The molecule has 98 valence electrons. The lowest BCUT2D eigenvalue weighted by Crippen LogP contribution is -2.13. The predicted molar refractivity (Wildman–Crippen MR) is 77.0 cm³/mol. The first kappa shape index (κ1) is 13.4. The molecule has 2 rings (SSSR count). The Morgan fingerprint density at radius 3 is 2.89 bits per heavy atom. The Morgan fingerprint density at radius 1 is 1.32 bits per heavy atom. The van der Waals surface area contributed by atoms with Gasteiger partial charge >= 0.3 is 0 Å². The lowest BCUT2D eigenvalue weighted by molar-refractivity contribution is 0.102. The van der Waals surface area contributed by atoms with Crippen LogP contribution in [0.1, 0.15) is 10.4 Å². The summed E-state index contributed by atoms with van der Waals surface area (Å²) >= 11 is 1.63. The van der Waals surface area contributed by atoms with E-state index < -0.39 is 0 Å². The second-order valence-electron chi connectivity index (χ2n) is 3.75. The maximum Gasteiger partial charge on any atom is 0.261 e. The van der Waals surface area contributed by atoms with Crippen molar-refractivity contribution < 1.29 is 9.53 Å². The van der Waals surface area contributed by atoms with Gasteiger partial charge in [-0.1, -0.05) is 6.07 Å². The second kappa shape index (κ2) is 6.24. The minimum atomic E-state index is -0.233. The van der Waals surface area contributed by atoms with Gasteiger partial charge in [-0.15, -0.1) is 11.8 Å². The summed E-state index contributed by atoms with van der Waals surface area (Å²) in [4.78, 5) is 17.3. The van der Waals surface area contributed by atoms with Gasteiger partial charge in [-0.2, -0.15) is 0 Å². The average molecular weight is 274 g/mol. The van der Waals surface area contributed by atoms with Crippen molar-refractivity contribution >= 4 is 23.4 Å². The van der Waals surface area contributed by atoms with Crippen LogP contribution in [0.2, 0.25) is 0 Å². The molecule has 0 spiro atoms. The zero-order valence-corrected chi connectivity index (χ0v) is 11.5. The standard InChI is InChI=1S/C14H14N2O2S/c1-18-14-12(7-4-8-15-14)13(17)16-10-5-3-6-11(9-10)19-2/h3-9H,1-2H3,(H,16,17). The lowest BCUT2D eigenvalue weighted by atomic mass is 10.2. The third-order valence-corrected chi connectivity index (χ3v) is 3.26. The normalized spacial score (nSPS) is 10.0. The fourth-order valence-corrected chi connectivity index (χ4v) is 2.09. The number of methoxy groups -OCH3 is 1. The van der Waals surface area contributed by atoms with Gasteiger partial charge in [0.15, 0.2) is 0 Å². The molecule has 0 saturated heterocycles. The molecule has 0 aliphatic carbocycles. The fourth-order valence-electron chi connectivity index (χ4n) is 1.63. The van der Waals surface area contributed by atoms with Crippen molar-refractivity contribution in [2.24, 2.45) is 0 Å². The van der Waals surface area contributed by atoms with E-state index in [4.69, 9.17) is 4.74 Å². The summed E-state index contributed by atoms with van der Waals surface area (Å²) in [6.07, 6.45) is 3.58. The van der Waals surface area contributed by atoms with Crippen LogP contribution in [0.5, 0.6) is 5.88 Å². The highest BCUT2D eigenvalue weighted by Gasteiger charge is 2.12. The molecule has 0 radical (unpaired) electrons. The number of carbonyl (C=O) groups excluding carboxylic acids is 1. The number of hydrogen-bond donors (Lipinski definition) is 1. The van der Waals surface area contributed by atoms with E-state index in [0.717, 1.165) is 10.6 Å². The quantitative estimate of drug-likeness (QED) is 0.871. The molecule has 0 aliphatic heterocycles. The molecule has 0 unspecified atom stereocenters. The van der Waals surface area contributed by atoms with Gasteiger partial charge in [0.25, 0.3) is 5.91 Å². The molecule has 4 nitrogen and oxygen atoms in total. The maximum absolute atomic E-state index is 12.2. The predicted octanol–water partition coefficient (Wildman–Crippen LogP) is 3.06. The number of hydrogen-bond acceptors (Lipinski definition) is 4. The van der Waals surface area contributed by atoms with Crippen LogP contribution in [0.15, 0.2) is 47.5 Å². The zero-order chi connectivity index (χ0) is 13.7. The van der Waals surface area contributed by atoms with Gasteiger partial charge in [-0.05, 0) is 36.6 Å². The summed E-state index contributed by atoms with van der Waals surface area (Å²) in [5.74, 6) is 0.0872. The molecular weight excluding hydrogens is 260 g/mol. The summed E-state index contributed by atoms with van der Waals surface area (Å²) in [6.45, 7) is 0. The van der Waals surface area contributed by atoms with Crippen molar-refractivity contribution in [1.29, 1.82) is 0 Å². The highest BCUT2D eigenvalue weighted by molar-refractivity contribution is 7.98. The summed E-state index contributed by atoms with van der Waals surface area (Å²) in [7, 11) is 1.49. The molecule has 1 heterocycles. The number of ether oxygens (including phenoxy) is 1. The summed E-state index contributed by atoms with van der Waals surface area (Å²) in [6, 6.07) is 11.0. The molecule has 1 aromatic heterocycles. The van der Waals surface area contributed by atoms with E-state index in [2.05, 4.69) is 10.3 Å². The van der Waals surface area contributed by atoms with Crippen LogP contribution in [-0.4, -0.2) is 24.3 Å². The van der Waals surface area contributed by atoms with Crippen molar-refractivity contribution in [2.75, 3.05) is 18.7 Å². The third kappa shape index (κ3) is 3.26. The minimum absolute atomic E-state index is 0.233. The number of nitrogens with zero attached hydrogens (tertiary/aromatic N) is 1. The van der Waals surface area contributed by atoms with Crippen LogP contribution in [0.4, 0.5) is 5.69 Å². The van der Waals surface area contributed by atoms with Crippen LogP contribution in [0.25, 0.3) is 0 Å². The van der Waals surface area contributed by atoms with Gasteiger partial charge in [0.2, 0.25) is 5.88 Å². The van der Waals surface area contributed by atoms with Crippen LogP contribution < -0.4 is 10.1 Å². The maximum atomic E-state index is 12.2. The number of thioether (sulfide) groups is 1. The Hall–Kier alpha value is -2.01. The number of nitrogens with one attached hydrogen (secondary N) is 1. The Labute approximate surface area is 116 Å². The molecule has 0 atom stereocenters. The van der Waals surface area contributed by atoms with E-state index in [1.165, 1.54) is 7.11 Å². The van der Waals surface area contributed by atoms with Crippen molar-refractivity contribution in [3.05, 3.63) is 48.2 Å². The molecule has 0 fully saturated rings. The van der Waals surface area contributed by atoms with Crippen molar-refractivity contribution in [3.8, 4) is 5.88 Å². The molecule has 2 aromatic rings. The van der Waals surface area contributed by atoms with Crippen LogP contribution in [0.3, 0.4) is 0 Å². The van der Waals surface area contributed by atoms with Gasteiger partial charge < -0.3 is 10.1 Å². The van der Waals surface area contributed by atoms with Crippen molar-refractivity contribution in [2.45, 2.75) is 4.90 Å². The van der Waals surface area contributed by atoms with E-state index in [9.17, 15) is 4.79 Å². The molecule has 1 amide bonds. The van der Waals surface area contributed by atoms with Gasteiger partial charge in [-0.25, -0.2) is 4.98 Å². The van der Waals surface area contributed by atoms with Gasteiger partial charge in [0, 0.05) is 16.8 Å². The van der Waals surface area contributed by atoms with E-state index >= 15 is 0 Å². The first-order chi connectivity index (χ1) is 9.24. The molecule has 1 aromatic carbocycles. The largest absolute Gasteiger partial charge is 0.480 e. The van der Waals surface area contributed by atoms with Crippen LogP contribution in [-0.2, 0) is 0 Å². The smallest absolute Gasteiger partial charge is 0.261 e. The molecule has 0 saturated carbocycles. The highest BCUT2D eigenvalue weighted by atomic mass is 32.2. The van der Waals surface area contributed by atoms with Crippen molar-refractivity contribution in [1.82, 2.24) is 4.98 Å². The Morgan fingerprint density at radius 2 is 2.16 bits per heavy atom. The molecule has 0 bridgehead atoms. The molecule has 19 heavy (non-hydrogen) atoms. The lowest BCUT2D eigenvalue weighted by Gasteiger charge is -2.08. The molecular formula is C14H14N2O2S. The Bertz CT molecular complexity index is 587. The van der Waals surface area contributed by atoms with Gasteiger partial charge in [0.1, 0.15) is 5.56 Å². The number of pyridine rings is 1. The van der Waals surface area contributed by atoms with Gasteiger partial charge in [0.05, 0.1) is 7.11 Å². The number of anilines is 1. The van der Waals surface area contributed by atoms with E-state index in [-0.39, 0.29) is 5.91 Å². The topological polar surface area (TPSA) is 51.2 Å². The number of amides is 1. The average Bonchev–Trinajstić information content (AvgIpc) is 2.47. The first-order valence-electron chi connectivity index (χ1n) is 5.69. The second-order valence-corrected chi connectivity index (χ2v) is 4.63. The Kier molecular flexibility index (Phi) is 4.41. The van der Waals surface area contributed by atoms with E-state index in [1.807, 2.05) is 30.5 Å². The summed E-state index contributed by atoms with van der Waals surface area (Å²) < 4.78 is 5.07. The Balaban J connectivity index is 2.20. The minimum Gasteiger partial charge on any atom is -0.480 e. The number of carbonyl (C=O) groups is 1. The monoisotopic (exact) mass is 274 g/mol. The molecule has 5 heteroatoms. The first-order valence-corrected chi connectivity index (χ1v) is 6.91. The summed E-state index contributed by atoms with van der Waals surface area (Å²) in [5.41, 5.74) is 1.17. The molecule has 0 aliphatic rings. The molecule has 1 N–H and O–H groups in total. The summed E-state index contributed by atoms with van der Waals surface area (Å²) in [5, 5.41) is 2.84. The number of benzene rings is 1.